The first-order chi connectivity index (χ1) is 6.09. The van der Waals surface area contributed by atoms with E-state index in [4.69, 9.17) is 11.5 Å². The minimum atomic E-state index is -0.387. The van der Waals surface area contributed by atoms with Crippen LogP contribution in [0.1, 0.15) is 6.92 Å². The summed E-state index contributed by atoms with van der Waals surface area (Å²) < 4.78 is 0. The zero-order chi connectivity index (χ0) is 9.84. The summed E-state index contributed by atoms with van der Waals surface area (Å²) in [6.45, 7) is 1.70. The van der Waals surface area contributed by atoms with E-state index in [0.29, 0.717) is 5.69 Å². The van der Waals surface area contributed by atoms with Gasteiger partial charge < -0.3 is 16.8 Å². The predicted molar refractivity (Wildman–Crippen MR) is 53.1 cm³/mol. The van der Waals surface area contributed by atoms with Crippen molar-refractivity contribution in [1.29, 1.82) is 0 Å². The molecule has 0 fully saturated rings. The van der Waals surface area contributed by atoms with E-state index in [1.165, 1.54) is 0 Å². The van der Waals surface area contributed by atoms with Gasteiger partial charge in [0.15, 0.2) is 0 Å². The number of hydrogen-bond donors (Lipinski definition) is 3. The van der Waals surface area contributed by atoms with Crippen molar-refractivity contribution in [3.8, 4) is 0 Å². The molecule has 1 rings (SSSR count). The first-order valence-corrected chi connectivity index (χ1v) is 4.01. The molecule has 0 saturated carbocycles. The minimum Gasteiger partial charge on any atom is -0.399 e. The molecular formula is C9H13N3O. The van der Waals surface area contributed by atoms with Crippen molar-refractivity contribution in [2.45, 2.75) is 13.0 Å². The van der Waals surface area contributed by atoms with Gasteiger partial charge in [0.2, 0.25) is 5.91 Å². The molecule has 0 aromatic heterocycles. The van der Waals surface area contributed by atoms with E-state index in [1.54, 1.807) is 19.1 Å². The highest BCUT2D eigenvalue weighted by molar-refractivity contribution is 5.82. The number of nitrogen functional groups attached to an aromatic ring is 1. The van der Waals surface area contributed by atoms with Gasteiger partial charge in [-0.2, -0.15) is 0 Å². The lowest BCUT2D eigenvalue weighted by molar-refractivity contribution is -0.118. The maximum atomic E-state index is 10.7. The number of carbonyl (C=O) groups excluding carboxylic acids is 1. The van der Waals surface area contributed by atoms with E-state index in [1.807, 2.05) is 12.1 Å². The molecular weight excluding hydrogens is 166 g/mol. The van der Waals surface area contributed by atoms with E-state index < -0.39 is 0 Å². The second kappa shape index (κ2) is 3.80. The molecule has 70 valence electrons. The summed E-state index contributed by atoms with van der Waals surface area (Å²) in [4.78, 5) is 10.7. The van der Waals surface area contributed by atoms with Gasteiger partial charge in [-0.15, -0.1) is 0 Å². The van der Waals surface area contributed by atoms with Gasteiger partial charge in [-0.1, -0.05) is 6.07 Å². The quantitative estimate of drug-likeness (QED) is 0.593. The Morgan fingerprint density at radius 1 is 1.54 bits per heavy atom. The smallest absolute Gasteiger partial charge is 0.239 e. The molecule has 1 atom stereocenters. The van der Waals surface area contributed by atoms with Crippen LogP contribution in [0, 0.1) is 0 Å². The number of primary amides is 1. The van der Waals surface area contributed by atoms with Crippen LogP contribution in [0.25, 0.3) is 0 Å². The molecule has 0 spiro atoms. The monoisotopic (exact) mass is 179 g/mol. The molecule has 5 N–H and O–H groups in total. The highest BCUT2D eigenvalue weighted by atomic mass is 16.1. The maximum Gasteiger partial charge on any atom is 0.239 e. The molecule has 0 saturated heterocycles. The van der Waals surface area contributed by atoms with E-state index in [-0.39, 0.29) is 11.9 Å². The summed E-state index contributed by atoms with van der Waals surface area (Å²) in [5, 5.41) is 2.93. The maximum absolute atomic E-state index is 10.7. The van der Waals surface area contributed by atoms with Crippen molar-refractivity contribution < 1.29 is 4.79 Å². The Morgan fingerprint density at radius 2 is 2.23 bits per heavy atom. The molecule has 0 aliphatic rings. The number of benzene rings is 1. The number of amides is 1. The predicted octanol–water partition coefficient (Wildman–Crippen LogP) is 0.554. The summed E-state index contributed by atoms with van der Waals surface area (Å²) in [5.74, 6) is -0.387. The minimum absolute atomic E-state index is 0.387. The van der Waals surface area contributed by atoms with Gasteiger partial charge in [0.25, 0.3) is 0 Å². The molecule has 4 nitrogen and oxygen atoms in total. The van der Waals surface area contributed by atoms with Crippen LogP contribution in [0.3, 0.4) is 0 Å². The van der Waals surface area contributed by atoms with Crippen molar-refractivity contribution in [1.82, 2.24) is 0 Å². The van der Waals surface area contributed by atoms with Gasteiger partial charge in [-0.3, -0.25) is 4.79 Å². The Kier molecular flexibility index (Phi) is 2.74. The van der Waals surface area contributed by atoms with Gasteiger partial charge in [0, 0.05) is 11.4 Å². The lowest BCUT2D eigenvalue weighted by Gasteiger charge is -2.11. The Hall–Kier alpha value is -1.71. The normalized spacial score (nSPS) is 12.1. The fourth-order valence-corrected chi connectivity index (χ4v) is 0.950. The molecule has 0 radical (unpaired) electrons. The first kappa shape index (κ1) is 9.38. The third kappa shape index (κ3) is 2.66. The van der Waals surface area contributed by atoms with E-state index in [0.717, 1.165) is 5.69 Å². The molecule has 1 aromatic rings. The highest BCUT2D eigenvalue weighted by Gasteiger charge is 2.06. The Balaban J connectivity index is 2.69. The van der Waals surface area contributed by atoms with Crippen molar-refractivity contribution >= 4 is 17.3 Å². The standard InChI is InChI=1S/C9H13N3O/c1-6(9(11)13)12-8-4-2-3-7(10)5-8/h2-6,12H,10H2,1H3,(H2,11,13). The number of nitrogens with two attached hydrogens (primary N) is 2. The zero-order valence-corrected chi connectivity index (χ0v) is 7.45. The molecule has 1 unspecified atom stereocenters. The Morgan fingerprint density at radius 3 is 2.77 bits per heavy atom. The summed E-state index contributed by atoms with van der Waals surface area (Å²) in [7, 11) is 0. The second-order valence-electron chi connectivity index (χ2n) is 2.89. The first-order valence-electron chi connectivity index (χ1n) is 4.01. The average Bonchev–Trinajstić information content (AvgIpc) is 2.04. The van der Waals surface area contributed by atoms with Gasteiger partial charge in [-0.05, 0) is 25.1 Å². The van der Waals surface area contributed by atoms with Crippen LogP contribution in [0.15, 0.2) is 24.3 Å². The van der Waals surface area contributed by atoms with Crippen molar-refractivity contribution in [2.24, 2.45) is 5.73 Å². The lowest BCUT2D eigenvalue weighted by Crippen LogP contribution is -2.32. The van der Waals surface area contributed by atoms with Gasteiger partial charge in [0.1, 0.15) is 6.04 Å². The van der Waals surface area contributed by atoms with Crippen LogP contribution < -0.4 is 16.8 Å². The van der Waals surface area contributed by atoms with Gasteiger partial charge in [-0.25, -0.2) is 0 Å². The lowest BCUT2D eigenvalue weighted by atomic mass is 10.2. The highest BCUT2D eigenvalue weighted by Crippen LogP contribution is 2.12. The van der Waals surface area contributed by atoms with Crippen LogP contribution in [0.5, 0.6) is 0 Å². The van der Waals surface area contributed by atoms with Crippen LogP contribution in [-0.4, -0.2) is 11.9 Å². The van der Waals surface area contributed by atoms with E-state index in [9.17, 15) is 4.79 Å². The van der Waals surface area contributed by atoms with Crippen LogP contribution >= 0.6 is 0 Å². The number of hydrogen-bond acceptors (Lipinski definition) is 3. The molecule has 0 heterocycles. The molecule has 13 heavy (non-hydrogen) atoms. The number of carbonyl (C=O) groups is 1. The fraction of sp³-hybridized carbons (Fsp3) is 0.222. The van der Waals surface area contributed by atoms with E-state index >= 15 is 0 Å². The third-order valence-electron chi connectivity index (χ3n) is 1.70. The summed E-state index contributed by atoms with van der Waals surface area (Å²) in [6.07, 6.45) is 0. The van der Waals surface area contributed by atoms with Gasteiger partial charge in [0.05, 0.1) is 0 Å². The summed E-state index contributed by atoms with van der Waals surface area (Å²) in [6, 6.07) is 6.78. The molecule has 1 aromatic carbocycles. The summed E-state index contributed by atoms with van der Waals surface area (Å²) >= 11 is 0. The average molecular weight is 179 g/mol. The van der Waals surface area contributed by atoms with Gasteiger partial charge >= 0.3 is 0 Å². The molecule has 1 amide bonds. The van der Waals surface area contributed by atoms with Crippen LogP contribution in [0.2, 0.25) is 0 Å². The largest absolute Gasteiger partial charge is 0.399 e. The molecule has 0 aliphatic heterocycles. The Bertz CT molecular complexity index is 311. The van der Waals surface area contributed by atoms with E-state index in [2.05, 4.69) is 5.32 Å². The Labute approximate surface area is 76.9 Å². The number of nitrogens with one attached hydrogen (secondary N) is 1. The fourth-order valence-electron chi connectivity index (χ4n) is 0.950. The number of anilines is 2. The second-order valence-corrected chi connectivity index (χ2v) is 2.89. The van der Waals surface area contributed by atoms with Crippen LogP contribution in [-0.2, 0) is 4.79 Å². The zero-order valence-electron chi connectivity index (χ0n) is 7.45. The van der Waals surface area contributed by atoms with Crippen molar-refractivity contribution in [2.75, 3.05) is 11.1 Å². The molecule has 0 aliphatic carbocycles. The molecule has 0 bridgehead atoms. The number of rotatable bonds is 3. The molecule has 4 heteroatoms. The SMILES string of the molecule is CC(Nc1cccc(N)c1)C(N)=O. The van der Waals surface area contributed by atoms with Crippen LogP contribution in [0.4, 0.5) is 11.4 Å². The topological polar surface area (TPSA) is 81.1 Å². The third-order valence-corrected chi connectivity index (χ3v) is 1.70. The summed E-state index contributed by atoms with van der Waals surface area (Å²) in [5.41, 5.74) is 12.1. The van der Waals surface area contributed by atoms with Crippen molar-refractivity contribution in [3.05, 3.63) is 24.3 Å². The van der Waals surface area contributed by atoms with Crippen molar-refractivity contribution in [3.63, 3.8) is 0 Å².